The number of nitro benzene ring substituents is 1. The Balaban J connectivity index is 2.30. The van der Waals surface area contributed by atoms with E-state index in [9.17, 15) is 28.1 Å². The van der Waals surface area contributed by atoms with Crippen molar-refractivity contribution in [3.8, 4) is 0 Å². The standard InChI is InChI=1S/C11H7F3N2O4/c12-11(13,14)5-20-10(17)7-4-6-2-1-3-8(16(18)19)9(6)15-7/h1-4,15H,5H2. The smallest absolute Gasteiger partial charge is 0.422 e. The summed E-state index contributed by atoms with van der Waals surface area (Å²) in [6.07, 6.45) is -4.63. The lowest BCUT2D eigenvalue weighted by Gasteiger charge is -2.06. The SMILES string of the molecule is O=C(OCC(F)(F)F)c1cc2cccc([N+](=O)[O-])c2[nH]1. The van der Waals surface area contributed by atoms with E-state index >= 15 is 0 Å². The number of carbonyl (C=O) groups excluding carboxylic acids is 1. The van der Waals surface area contributed by atoms with E-state index in [4.69, 9.17) is 0 Å². The number of benzene rings is 1. The van der Waals surface area contributed by atoms with Crippen LogP contribution in [0.25, 0.3) is 10.9 Å². The lowest BCUT2D eigenvalue weighted by atomic mass is 10.2. The van der Waals surface area contributed by atoms with Crippen LogP contribution in [0.2, 0.25) is 0 Å². The van der Waals surface area contributed by atoms with Gasteiger partial charge >= 0.3 is 12.1 Å². The Kier molecular flexibility index (Phi) is 3.35. The van der Waals surface area contributed by atoms with Gasteiger partial charge in [-0.15, -0.1) is 0 Å². The maximum Gasteiger partial charge on any atom is 0.422 e. The van der Waals surface area contributed by atoms with Crippen LogP contribution < -0.4 is 0 Å². The van der Waals surface area contributed by atoms with Gasteiger partial charge in [-0.2, -0.15) is 13.2 Å². The second-order valence-corrected chi connectivity index (χ2v) is 3.87. The molecule has 0 saturated heterocycles. The topological polar surface area (TPSA) is 85.2 Å². The molecule has 9 heteroatoms. The number of fused-ring (bicyclic) bond motifs is 1. The molecule has 0 saturated carbocycles. The van der Waals surface area contributed by atoms with E-state index in [-0.39, 0.29) is 16.9 Å². The maximum absolute atomic E-state index is 11.9. The lowest BCUT2D eigenvalue weighted by molar-refractivity contribution is -0.383. The molecule has 0 spiro atoms. The first-order valence-corrected chi connectivity index (χ1v) is 5.28. The average Bonchev–Trinajstić information content (AvgIpc) is 2.78. The number of carbonyl (C=O) groups is 1. The number of rotatable bonds is 3. The highest BCUT2D eigenvalue weighted by Crippen LogP contribution is 2.26. The molecule has 1 heterocycles. The van der Waals surface area contributed by atoms with Gasteiger partial charge in [0.25, 0.3) is 5.69 Å². The monoisotopic (exact) mass is 288 g/mol. The zero-order valence-electron chi connectivity index (χ0n) is 9.73. The van der Waals surface area contributed by atoms with Gasteiger partial charge in [-0.3, -0.25) is 10.1 Å². The molecule has 0 bridgehead atoms. The number of aromatic amines is 1. The molecule has 0 radical (unpaired) electrons. The van der Waals surface area contributed by atoms with Crippen LogP contribution in [0.1, 0.15) is 10.5 Å². The third-order valence-corrected chi connectivity index (χ3v) is 2.42. The first-order valence-electron chi connectivity index (χ1n) is 5.28. The maximum atomic E-state index is 11.9. The van der Waals surface area contributed by atoms with Crippen molar-refractivity contribution in [1.82, 2.24) is 4.98 Å². The summed E-state index contributed by atoms with van der Waals surface area (Å²) in [5.74, 6) is -1.23. The van der Waals surface area contributed by atoms with E-state index in [2.05, 4.69) is 9.72 Å². The van der Waals surface area contributed by atoms with Gasteiger partial charge in [0.2, 0.25) is 0 Å². The minimum Gasteiger partial charge on any atom is -0.451 e. The summed E-state index contributed by atoms with van der Waals surface area (Å²) in [5.41, 5.74) is -0.507. The number of esters is 1. The molecule has 2 rings (SSSR count). The largest absolute Gasteiger partial charge is 0.451 e. The van der Waals surface area contributed by atoms with Crippen LogP contribution in [0.4, 0.5) is 18.9 Å². The van der Waals surface area contributed by atoms with E-state index in [1.807, 2.05) is 0 Å². The van der Waals surface area contributed by atoms with Crippen molar-refractivity contribution in [3.63, 3.8) is 0 Å². The van der Waals surface area contributed by atoms with Crippen molar-refractivity contribution >= 4 is 22.6 Å². The van der Waals surface area contributed by atoms with E-state index in [0.717, 1.165) is 0 Å². The second-order valence-electron chi connectivity index (χ2n) is 3.87. The van der Waals surface area contributed by atoms with Crippen LogP contribution >= 0.6 is 0 Å². The lowest BCUT2D eigenvalue weighted by Crippen LogP contribution is -2.20. The van der Waals surface area contributed by atoms with Crippen molar-refractivity contribution in [3.05, 3.63) is 40.1 Å². The summed E-state index contributed by atoms with van der Waals surface area (Å²) in [6, 6.07) is 5.29. The number of alkyl halides is 3. The normalized spacial score (nSPS) is 11.6. The molecule has 0 aliphatic rings. The van der Waals surface area contributed by atoms with Gasteiger partial charge in [0.05, 0.1) is 4.92 Å². The number of hydrogen-bond donors (Lipinski definition) is 1. The zero-order chi connectivity index (χ0) is 14.9. The number of nitro groups is 1. The second kappa shape index (κ2) is 4.83. The summed E-state index contributed by atoms with van der Waals surface area (Å²) in [5, 5.41) is 11.1. The van der Waals surface area contributed by atoms with Crippen molar-refractivity contribution in [2.45, 2.75) is 6.18 Å². The fourth-order valence-corrected chi connectivity index (χ4v) is 1.63. The average molecular weight is 288 g/mol. The Morgan fingerprint density at radius 3 is 2.70 bits per heavy atom. The molecule has 6 nitrogen and oxygen atoms in total. The van der Waals surface area contributed by atoms with Gasteiger partial charge in [-0.25, -0.2) is 4.79 Å². The molecule has 0 amide bonds. The van der Waals surface area contributed by atoms with E-state index in [1.165, 1.54) is 24.3 Å². The molecule has 0 fully saturated rings. The summed E-state index contributed by atoms with van der Waals surface area (Å²) < 4.78 is 39.8. The number of hydrogen-bond acceptors (Lipinski definition) is 4. The predicted octanol–water partition coefficient (Wildman–Crippen LogP) is 2.80. The number of nitrogens with zero attached hydrogens (tertiary/aromatic N) is 1. The molecule has 0 atom stereocenters. The van der Waals surface area contributed by atoms with Gasteiger partial charge in [-0.1, -0.05) is 12.1 Å². The molecule has 20 heavy (non-hydrogen) atoms. The summed E-state index contributed by atoms with van der Waals surface area (Å²) in [7, 11) is 0. The van der Waals surface area contributed by atoms with Gasteiger partial charge in [-0.05, 0) is 6.07 Å². The highest BCUT2D eigenvalue weighted by atomic mass is 19.4. The highest BCUT2D eigenvalue weighted by Gasteiger charge is 2.30. The fraction of sp³-hybridized carbons (Fsp3) is 0.182. The Hall–Kier alpha value is -2.58. The number of non-ortho nitro benzene ring substituents is 1. The molecular formula is C11H7F3N2O4. The quantitative estimate of drug-likeness (QED) is 0.534. The Morgan fingerprint density at radius 1 is 1.40 bits per heavy atom. The van der Waals surface area contributed by atoms with Crippen molar-refractivity contribution in [1.29, 1.82) is 0 Å². The Morgan fingerprint density at radius 2 is 2.10 bits per heavy atom. The predicted molar refractivity (Wildman–Crippen MR) is 61.3 cm³/mol. The molecular weight excluding hydrogens is 281 g/mol. The van der Waals surface area contributed by atoms with Gasteiger partial charge in [0.1, 0.15) is 11.2 Å². The number of ether oxygens (including phenoxy) is 1. The summed E-state index contributed by atoms with van der Waals surface area (Å²) >= 11 is 0. The van der Waals surface area contributed by atoms with Gasteiger partial charge in [0, 0.05) is 11.5 Å². The van der Waals surface area contributed by atoms with Crippen molar-refractivity contribution in [2.75, 3.05) is 6.61 Å². The van der Waals surface area contributed by atoms with Crippen LogP contribution in [-0.4, -0.2) is 28.7 Å². The van der Waals surface area contributed by atoms with Crippen LogP contribution in [0.15, 0.2) is 24.3 Å². The molecule has 0 aliphatic carbocycles. The van der Waals surface area contributed by atoms with E-state index < -0.39 is 23.7 Å². The summed E-state index contributed by atoms with van der Waals surface area (Å²) in [4.78, 5) is 23.9. The minimum absolute atomic E-state index is 0.0523. The van der Waals surface area contributed by atoms with Crippen molar-refractivity contribution in [2.24, 2.45) is 0 Å². The molecule has 1 N–H and O–H groups in total. The van der Waals surface area contributed by atoms with E-state index in [1.54, 1.807) is 0 Å². The van der Waals surface area contributed by atoms with Crippen LogP contribution in [0, 0.1) is 10.1 Å². The summed E-state index contributed by atoms with van der Waals surface area (Å²) in [6.45, 7) is -1.72. The number of H-pyrrole nitrogens is 1. The molecule has 1 aromatic carbocycles. The highest BCUT2D eigenvalue weighted by molar-refractivity contribution is 5.97. The Bertz CT molecular complexity index is 678. The number of para-hydroxylation sites is 1. The molecule has 106 valence electrons. The fourth-order valence-electron chi connectivity index (χ4n) is 1.63. The zero-order valence-corrected chi connectivity index (χ0v) is 9.73. The number of nitrogens with one attached hydrogen (secondary N) is 1. The van der Waals surface area contributed by atoms with Gasteiger partial charge < -0.3 is 9.72 Å². The third-order valence-electron chi connectivity index (χ3n) is 2.42. The van der Waals surface area contributed by atoms with Crippen molar-refractivity contribution < 1.29 is 27.6 Å². The Labute approximate surface area is 109 Å². The molecule has 0 unspecified atom stereocenters. The van der Waals surface area contributed by atoms with Crippen LogP contribution in [0.3, 0.4) is 0 Å². The van der Waals surface area contributed by atoms with Crippen LogP contribution in [0.5, 0.6) is 0 Å². The number of aromatic nitrogens is 1. The number of halogens is 3. The third kappa shape index (κ3) is 2.87. The molecule has 2 aromatic rings. The minimum atomic E-state index is -4.63. The van der Waals surface area contributed by atoms with Crippen LogP contribution in [-0.2, 0) is 4.74 Å². The first kappa shape index (κ1) is 13.8. The first-order chi connectivity index (χ1) is 9.28. The van der Waals surface area contributed by atoms with E-state index in [0.29, 0.717) is 5.39 Å². The molecule has 1 aromatic heterocycles. The molecule has 0 aliphatic heterocycles. The van der Waals surface area contributed by atoms with Gasteiger partial charge in [0.15, 0.2) is 6.61 Å².